The summed E-state index contributed by atoms with van der Waals surface area (Å²) in [5, 5.41) is 1.98. The van der Waals surface area contributed by atoms with Crippen LogP contribution in [-0.4, -0.2) is 17.3 Å². The van der Waals surface area contributed by atoms with Gasteiger partial charge < -0.3 is 5.73 Å². The molecule has 78 valence electrons. The van der Waals surface area contributed by atoms with Gasteiger partial charge in [0.25, 0.3) is 0 Å². The molecule has 1 aliphatic heterocycles. The van der Waals surface area contributed by atoms with Gasteiger partial charge in [-0.15, -0.1) is 11.3 Å². The van der Waals surface area contributed by atoms with Crippen LogP contribution in [-0.2, 0) is 6.42 Å². The molecule has 0 radical (unpaired) electrons. The molecule has 2 heterocycles. The van der Waals surface area contributed by atoms with Crippen molar-refractivity contribution in [2.75, 3.05) is 12.3 Å². The highest BCUT2D eigenvalue weighted by atomic mass is 32.2. The zero-order valence-corrected chi connectivity index (χ0v) is 9.87. The van der Waals surface area contributed by atoms with E-state index in [1.54, 1.807) is 0 Å². The number of hydrogen-bond donors (Lipinski definition) is 1. The first kappa shape index (κ1) is 10.5. The van der Waals surface area contributed by atoms with Crippen LogP contribution in [0.5, 0.6) is 0 Å². The molecule has 2 rings (SSSR count). The molecule has 0 bridgehead atoms. The number of nitrogens with two attached hydrogens (primary N) is 1. The summed E-state index contributed by atoms with van der Waals surface area (Å²) in [6.07, 6.45) is 7.03. The summed E-state index contributed by atoms with van der Waals surface area (Å²) in [5.74, 6) is 1.30. The molecule has 1 saturated heterocycles. The predicted molar refractivity (Wildman–Crippen MR) is 63.9 cm³/mol. The van der Waals surface area contributed by atoms with E-state index in [4.69, 9.17) is 5.73 Å². The van der Waals surface area contributed by atoms with Gasteiger partial charge >= 0.3 is 0 Å². The minimum atomic E-state index is 0.667. The Morgan fingerprint density at radius 2 is 2.43 bits per heavy atom. The molecular weight excluding hydrogens is 212 g/mol. The minimum Gasteiger partial charge on any atom is -0.330 e. The van der Waals surface area contributed by atoms with Crippen LogP contribution in [0.2, 0.25) is 0 Å². The first-order chi connectivity index (χ1) is 6.90. The number of aromatic nitrogens is 1. The molecule has 2 nitrogen and oxygen atoms in total. The summed E-state index contributed by atoms with van der Waals surface area (Å²) < 4.78 is 0. The van der Waals surface area contributed by atoms with Gasteiger partial charge in [-0.05, 0) is 31.6 Å². The van der Waals surface area contributed by atoms with E-state index in [-0.39, 0.29) is 0 Å². The van der Waals surface area contributed by atoms with Crippen LogP contribution in [0.4, 0.5) is 0 Å². The minimum absolute atomic E-state index is 0.667. The maximum absolute atomic E-state index is 5.52. The normalized spacial score (nSPS) is 22.5. The van der Waals surface area contributed by atoms with Crippen molar-refractivity contribution in [3.63, 3.8) is 0 Å². The molecule has 0 saturated carbocycles. The van der Waals surface area contributed by atoms with Crippen molar-refractivity contribution in [1.82, 2.24) is 4.98 Å². The average Bonchev–Trinajstić information content (AvgIpc) is 2.68. The molecule has 0 aromatic carbocycles. The Morgan fingerprint density at radius 1 is 1.50 bits per heavy atom. The zero-order valence-electron chi connectivity index (χ0n) is 8.24. The number of thioether (sulfide) groups is 1. The average molecular weight is 228 g/mol. The second-order valence-corrected chi connectivity index (χ2v) is 6.02. The van der Waals surface area contributed by atoms with Crippen molar-refractivity contribution in [3.8, 4) is 0 Å². The van der Waals surface area contributed by atoms with Crippen molar-refractivity contribution in [1.29, 1.82) is 0 Å². The van der Waals surface area contributed by atoms with Crippen molar-refractivity contribution in [3.05, 3.63) is 16.1 Å². The highest BCUT2D eigenvalue weighted by molar-refractivity contribution is 7.99. The highest BCUT2D eigenvalue weighted by Gasteiger charge is 2.18. The van der Waals surface area contributed by atoms with Crippen LogP contribution in [0, 0.1) is 0 Å². The molecule has 0 spiro atoms. The third-order valence-electron chi connectivity index (χ3n) is 2.42. The topological polar surface area (TPSA) is 38.9 Å². The van der Waals surface area contributed by atoms with Gasteiger partial charge in [0, 0.05) is 11.1 Å². The maximum Gasteiger partial charge on any atom is 0.106 e. The molecule has 1 atom stereocenters. The van der Waals surface area contributed by atoms with Crippen LogP contribution >= 0.6 is 23.1 Å². The maximum atomic E-state index is 5.52. The quantitative estimate of drug-likeness (QED) is 0.864. The highest BCUT2D eigenvalue weighted by Crippen LogP contribution is 2.39. The van der Waals surface area contributed by atoms with E-state index in [0.29, 0.717) is 5.25 Å². The molecule has 0 amide bonds. The summed E-state index contributed by atoms with van der Waals surface area (Å²) in [5.41, 5.74) is 5.52. The molecule has 1 aliphatic rings. The number of rotatable bonds is 3. The van der Waals surface area contributed by atoms with E-state index in [9.17, 15) is 0 Å². The van der Waals surface area contributed by atoms with Crippen molar-refractivity contribution >= 4 is 23.1 Å². The van der Waals surface area contributed by atoms with Crippen LogP contribution in [0.15, 0.2) is 6.20 Å². The van der Waals surface area contributed by atoms with Gasteiger partial charge in [-0.1, -0.05) is 6.42 Å². The summed E-state index contributed by atoms with van der Waals surface area (Å²) in [6, 6.07) is 0. The van der Waals surface area contributed by atoms with Gasteiger partial charge in [0.2, 0.25) is 0 Å². The standard InChI is InChI=1S/C10H16N2S2/c11-5-4-8-7-12-10(14-8)9-3-1-2-6-13-9/h7,9H,1-6,11H2. The van der Waals surface area contributed by atoms with Crippen molar-refractivity contribution in [2.24, 2.45) is 5.73 Å². The summed E-state index contributed by atoms with van der Waals surface area (Å²) in [7, 11) is 0. The fourth-order valence-corrected chi connectivity index (χ4v) is 4.15. The summed E-state index contributed by atoms with van der Waals surface area (Å²) in [6.45, 7) is 0.736. The van der Waals surface area contributed by atoms with Crippen LogP contribution in [0.25, 0.3) is 0 Å². The van der Waals surface area contributed by atoms with Gasteiger partial charge in [0.15, 0.2) is 0 Å². The molecular formula is C10H16N2S2. The Balaban J connectivity index is 2.00. The first-order valence-electron chi connectivity index (χ1n) is 5.16. The fourth-order valence-electron chi connectivity index (χ4n) is 1.66. The molecule has 14 heavy (non-hydrogen) atoms. The number of hydrogen-bond acceptors (Lipinski definition) is 4. The second-order valence-electron chi connectivity index (χ2n) is 3.56. The Hall–Kier alpha value is -0.0600. The monoisotopic (exact) mass is 228 g/mol. The van der Waals surface area contributed by atoms with E-state index >= 15 is 0 Å². The Bertz CT molecular complexity index is 279. The van der Waals surface area contributed by atoms with E-state index in [2.05, 4.69) is 16.7 Å². The van der Waals surface area contributed by atoms with Crippen molar-refractivity contribution < 1.29 is 0 Å². The fraction of sp³-hybridized carbons (Fsp3) is 0.700. The smallest absolute Gasteiger partial charge is 0.106 e. The summed E-state index contributed by atoms with van der Waals surface area (Å²) >= 11 is 3.92. The lowest BCUT2D eigenvalue weighted by Crippen LogP contribution is -2.01. The first-order valence-corrected chi connectivity index (χ1v) is 7.03. The van der Waals surface area contributed by atoms with E-state index in [0.717, 1.165) is 13.0 Å². The largest absolute Gasteiger partial charge is 0.330 e. The zero-order chi connectivity index (χ0) is 9.80. The lowest BCUT2D eigenvalue weighted by molar-refractivity contribution is 0.683. The molecule has 0 aliphatic carbocycles. The molecule has 4 heteroatoms. The molecule has 2 N–H and O–H groups in total. The van der Waals surface area contributed by atoms with Gasteiger partial charge in [-0.2, -0.15) is 11.8 Å². The predicted octanol–water partition coefficient (Wildman–Crippen LogP) is 2.60. The van der Waals surface area contributed by atoms with Crippen LogP contribution in [0.1, 0.15) is 34.4 Å². The molecule has 1 unspecified atom stereocenters. The summed E-state index contributed by atoms with van der Waals surface area (Å²) in [4.78, 5) is 5.84. The Labute approximate surface area is 93.3 Å². The third kappa shape index (κ3) is 2.49. The Kier molecular flexibility index (Phi) is 3.84. The number of nitrogens with zero attached hydrogens (tertiary/aromatic N) is 1. The molecule has 1 aromatic rings. The van der Waals surface area contributed by atoms with E-state index in [1.165, 1.54) is 34.9 Å². The van der Waals surface area contributed by atoms with Gasteiger partial charge in [0.05, 0.1) is 5.25 Å². The van der Waals surface area contributed by atoms with Gasteiger partial charge in [0.1, 0.15) is 5.01 Å². The third-order valence-corrected chi connectivity index (χ3v) is 5.12. The molecule has 1 fully saturated rings. The van der Waals surface area contributed by atoms with Crippen molar-refractivity contribution in [2.45, 2.75) is 30.9 Å². The van der Waals surface area contributed by atoms with Gasteiger partial charge in [-0.3, -0.25) is 0 Å². The van der Waals surface area contributed by atoms with E-state index < -0.39 is 0 Å². The Morgan fingerprint density at radius 3 is 3.14 bits per heavy atom. The van der Waals surface area contributed by atoms with E-state index in [1.807, 2.05) is 17.5 Å². The SMILES string of the molecule is NCCc1cnc(C2CCCCS2)s1. The van der Waals surface area contributed by atoms with Crippen LogP contribution < -0.4 is 5.73 Å². The van der Waals surface area contributed by atoms with Gasteiger partial charge in [-0.25, -0.2) is 4.98 Å². The second kappa shape index (κ2) is 5.14. The number of thiazole rings is 1. The van der Waals surface area contributed by atoms with Crippen LogP contribution in [0.3, 0.4) is 0 Å². The molecule has 1 aromatic heterocycles. The lowest BCUT2D eigenvalue weighted by atomic mass is 10.2. The lowest BCUT2D eigenvalue weighted by Gasteiger charge is -2.18.